The molecular weight excluding hydrogens is 314 g/mol. The molecule has 0 unspecified atom stereocenters. The normalized spacial score (nSPS) is 10.8. The maximum Gasteiger partial charge on any atom is 0.269 e. The number of carbonyl (C=O) groups is 1. The lowest BCUT2D eigenvalue weighted by Gasteiger charge is -2.28. The van der Waals surface area contributed by atoms with Gasteiger partial charge in [-0.2, -0.15) is 10.2 Å². The lowest BCUT2D eigenvalue weighted by atomic mass is 9.92. The molecule has 25 heavy (non-hydrogen) atoms. The number of nitrogens with one attached hydrogen (secondary N) is 1. The minimum atomic E-state index is -0.217. The van der Waals surface area contributed by atoms with Crippen LogP contribution in [0.5, 0.6) is 0 Å². The van der Waals surface area contributed by atoms with Gasteiger partial charge in [-0.05, 0) is 30.9 Å². The van der Waals surface area contributed by atoms with E-state index in [0.29, 0.717) is 17.9 Å². The zero-order valence-electron chi connectivity index (χ0n) is 15.1. The Labute approximate surface area is 148 Å². The molecule has 1 heterocycles. The van der Waals surface area contributed by atoms with E-state index in [1.807, 2.05) is 25.1 Å². The van der Waals surface area contributed by atoms with Gasteiger partial charge in [-0.3, -0.25) is 15.2 Å². The van der Waals surface area contributed by atoms with Crippen molar-refractivity contribution in [3.63, 3.8) is 0 Å². The molecule has 0 saturated carbocycles. The van der Waals surface area contributed by atoms with Crippen LogP contribution >= 0.6 is 0 Å². The van der Waals surface area contributed by atoms with Crippen molar-refractivity contribution in [2.24, 2.45) is 5.41 Å². The van der Waals surface area contributed by atoms with Crippen molar-refractivity contribution in [2.45, 2.75) is 34.1 Å². The number of carbonyl (C=O) groups excluding carboxylic acids is 1. The van der Waals surface area contributed by atoms with Crippen molar-refractivity contribution in [3.8, 4) is 6.07 Å². The summed E-state index contributed by atoms with van der Waals surface area (Å²) in [7, 11) is 0. The molecule has 130 valence electrons. The summed E-state index contributed by atoms with van der Waals surface area (Å²) in [5, 5.41) is 10.7. The average molecular weight is 337 g/mol. The van der Waals surface area contributed by atoms with Gasteiger partial charge in [-0.1, -0.05) is 38.5 Å². The number of hydrazine groups is 1. The van der Waals surface area contributed by atoms with E-state index in [-0.39, 0.29) is 17.1 Å². The largest absolute Gasteiger partial charge is 0.269 e. The van der Waals surface area contributed by atoms with Crippen molar-refractivity contribution in [2.75, 3.05) is 11.6 Å². The predicted octanol–water partition coefficient (Wildman–Crippen LogP) is 3.24. The third-order valence-electron chi connectivity index (χ3n) is 3.65. The van der Waals surface area contributed by atoms with Gasteiger partial charge in [-0.25, -0.2) is 4.98 Å². The predicted molar refractivity (Wildman–Crippen MR) is 96.8 cm³/mol. The molecule has 0 aliphatic rings. The van der Waals surface area contributed by atoms with Gasteiger partial charge >= 0.3 is 0 Å². The number of amides is 1. The summed E-state index contributed by atoms with van der Waals surface area (Å²) in [5.41, 5.74) is 4.65. The molecule has 2 aromatic rings. The van der Waals surface area contributed by atoms with E-state index in [4.69, 9.17) is 5.26 Å². The topological polar surface area (TPSA) is 81.9 Å². The second kappa shape index (κ2) is 7.75. The molecule has 6 nitrogen and oxygen atoms in total. The zero-order valence-corrected chi connectivity index (χ0v) is 15.1. The van der Waals surface area contributed by atoms with Crippen LogP contribution in [0.4, 0.5) is 5.82 Å². The van der Waals surface area contributed by atoms with Crippen LogP contribution in [0.15, 0.2) is 36.5 Å². The molecule has 1 N–H and O–H groups in total. The summed E-state index contributed by atoms with van der Waals surface area (Å²) in [6.45, 7) is 8.94. The van der Waals surface area contributed by atoms with Crippen LogP contribution in [0.25, 0.3) is 0 Å². The van der Waals surface area contributed by atoms with E-state index < -0.39 is 0 Å². The number of nitrogens with zero attached hydrogens (tertiary/aromatic N) is 4. The number of anilines is 1. The Morgan fingerprint density at radius 1 is 1.24 bits per heavy atom. The Kier molecular flexibility index (Phi) is 5.71. The van der Waals surface area contributed by atoms with Crippen LogP contribution in [0.2, 0.25) is 0 Å². The van der Waals surface area contributed by atoms with Crippen molar-refractivity contribution in [3.05, 3.63) is 53.5 Å². The maximum absolute atomic E-state index is 12.6. The van der Waals surface area contributed by atoms with Crippen molar-refractivity contribution in [1.29, 1.82) is 5.26 Å². The first-order valence-electron chi connectivity index (χ1n) is 8.17. The summed E-state index contributed by atoms with van der Waals surface area (Å²) in [6.07, 6.45) is 2.36. The number of hydrogen-bond donors (Lipinski definition) is 1. The molecule has 2 rings (SSSR count). The van der Waals surface area contributed by atoms with Crippen molar-refractivity contribution in [1.82, 2.24) is 15.4 Å². The molecular formula is C19H23N5O. The Bertz CT molecular complexity index is 772. The summed E-state index contributed by atoms with van der Waals surface area (Å²) in [4.78, 5) is 20.6. The zero-order chi connectivity index (χ0) is 18.4. The molecule has 1 aromatic heterocycles. The maximum atomic E-state index is 12.6. The highest BCUT2D eigenvalue weighted by Gasteiger charge is 2.18. The van der Waals surface area contributed by atoms with Crippen LogP contribution in [-0.4, -0.2) is 22.4 Å². The second-order valence-electron chi connectivity index (χ2n) is 7.12. The van der Waals surface area contributed by atoms with Crippen LogP contribution in [0.3, 0.4) is 0 Å². The number of hydrogen-bond acceptors (Lipinski definition) is 5. The standard InChI is InChI=1S/C19H23N5O/c1-14-5-7-15(8-6-14)18(25)23-24(12-10-19(2,3)4)17-9-11-21-16(13-20)22-17/h5-9,11H,10,12H2,1-4H3,(H,23,25). The number of nitriles is 1. The highest BCUT2D eigenvalue weighted by Crippen LogP contribution is 2.20. The van der Waals surface area contributed by atoms with Gasteiger partial charge in [0.15, 0.2) is 5.82 Å². The third kappa shape index (κ3) is 5.57. The molecule has 0 aliphatic carbocycles. The van der Waals surface area contributed by atoms with Crippen LogP contribution in [-0.2, 0) is 0 Å². The highest BCUT2D eigenvalue weighted by molar-refractivity contribution is 5.95. The average Bonchev–Trinajstić information content (AvgIpc) is 2.58. The van der Waals surface area contributed by atoms with Gasteiger partial charge < -0.3 is 0 Å². The molecule has 0 fully saturated rings. The van der Waals surface area contributed by atoms with Gasteiger partial charge in [0.25, 0.3) is 5.91 Å². The molecule has 0 aliphatic heterocycles. The molecule has 1 aromatic carbocycles. The van der Waals surface area contributed by atoms with Crippen LogP contribution in [0, 0.1) is 23.7 Å². The molecule has 0 spiro atoms. The van der Waals surface area contributed by atoms with E-state index in [1.54, 1.807) is 23.2 Å². The van der Waals surface area contributed by atoms with Gasteiger partial charge in [0.2, 0.25) is 5.82 Å². The summed E-state index contributed by atoms with van der Waals surface area (Å²) < 4.78 is 0. The smallest absolute Gasteiger partial charge is 0.268 e. The first-order valence-corrected chi connectivity index (χ1v) is 8.17. The number of aromatic nitrogens is 2. The second-order valence-corrected chi connectivity index (χ2v) is 7.12. The molecule has 6 heteroatoms. The monoisotopic (exact) mass is 337 g/mol. The van der Waals surface area contributed by atoms with E-state index >= 15 is 0 Å². The van der Waals surface area contributed by atoms with Crippen LogP contribution < -0.4 is 10.4 Å². The number of aryl methyl sites for hydroxylation is 1. The fourth-order valence-corrected chi connectivity index (χ4v) is 2.12. The van der Waals surface area contributed by atoms with Gasteiger partial charge in [0.05, 0.1) is 0 Å². The fourth-order valence-electron chi connectivity index (χ4n) is 2.12. The summed E-state index contributed by atoms with van der Waals surface area (Å²) >= 11 is 0. The van der Waals surface area contributed by atoms with E-state index in [1.165, 1.54) is 6.20 Å². The van der Waals surface area contributed by atoms with E-state index in [2.05, 4.69) is 36.2 Å². The van der Waals surface area contributed by atoms with Crippen molar-refractivity contribution >= 4 is 11.7 Å². The minimum absolute atomic E-state index is 0.0721. The minimum Gasteiger partial charge on any atom is -0.268 e. The van der Waals surface area contributed by atoms with Crippen LogP contribution in [0.1, 0.15) is 48.9 Å². The van der Waals surface area contributed by atoms with E-state index in [9.17, 15) is 4.79 Å². The first-order chi connectivity index (χ1) is 11.8. The fraction of sp³-hybridized carbons (Fsp3) is 0.368. The van der Waals surface area contributed by atoms with Gasteiger partial charge in [0.1, 0.15) is 6.07 Å². The lowest BCUT2D eigenvalue weighted by molar-refractivity contribution is 0.0947. The van der Waals surface area contributed by atoms with E-state index in [0.717, 1.165) is 12.0 Å². The molecule has 0 radical (unpaired) electrons. The Morgan fingerprint density at radius 2 is 1.92 bits per heavy atom. The summed E-state index contributed by atoms with van der Waals surface area (Å²) in [6, 6.07) is 11.0. The number of rotatable bonds is 5. The number of benzene rings is 1. The quantitative estimate of drug-likeness (QED) is 0.847. The Balaban J connectivity index is 2.22. The molecule has 0 bridgehead atoms. The van der Waals surface area contributed by atoms with Crippen molar-refractivity contribution < 1.29 is 4.79 Å². The van der Waals surface area contributed by atoms with Gasteiger partial charge in [-0.15, -0.1) is 0 Å². The first kappa shape index (κ1) is 18.4. The molecule has 1 amide bonds. The summed E-state index contributed by atoms with van der Waals surface area (Å²) in [5.74, 6) is 0.352. The lowest BCUT2D eigenvalue weighted by Crippen LogP contribution is -2.44. The molecule has 0 saturated heterocycles. The van der Waals surface area contributed by atoms with Gasteiger partial charge in [0, 0.05) is 24.4 Å². The third-order valence-corrected chi connectivity index (χ3v) is 3.65. The molecule has 0 atom stereocenters. The SMILES string of the molecule is Cc1ccc(C(=O)NN(CCC(C)(C)C)c2ccnc(C#N)n2)cc1. The highest BCUT2D eigenvalue weighted by atomic mass is 16.2. The Hall–Kier alpha value is -2.94. The Morgan fingerprint density at radius 3 is 2.52 bits per heavy atom.